The number of fused-ring (bicyclic) bond motifs is 1. The van der Waals surface area contributed by atoms with E-state index in [2.05, 4.69) is 22.1 Å². The van der Waals surface area contributed by atoms with Gasteiger partial charge < -0.3 is 19.9 Å². The van der Waals surface area contributed by atoms with E-state index in [1.54, 1.807) is 6.07 Å². The van der Waals surface area contributed by atoms with Crippen molar-refractivity contribution in [3.05, 3.63) is 41.5 Å². The number of anilines is 1. The summed E-state index contributed by atoms with van der Waals surface area (Å²) >= 11 is 0. The van der Waals surface area contributed by atoms with E-state index in [0.29, 0.717) is 61.4 Å². The molecule has 3 aromatic rings. The number of amides is 1. The number of hydrogen-bond donors (Lipinski definition) is 1. The van der Waals surface area contributed by atoms with Crippen LogP contribution >= 0.6 is 0 Å². The molecule has 9 nitrogen and oxygen atoms in total. The number of likely N-dealkylation sites (N-methyl/N-ethyl adjacent to an activating group) is 1. The summed E-state index contributed by atoms with van der Waals surface area (Å²) in [6.07, 6.45) is 3.34. The molecule has 2 aliphatic rings. The minimum Gasteiger partial charge on any atom is -0.378 e. The van der Waals surface area contributed by atoms with Gasteiger partial charge in [-0.05, 0) is 83.2 Å². The number of hydrogen-bond acceptors (Lipinski definition) is 7. The first-order chi connectivity index (χ1) is 20.2. The quantitative estimate of drug-likeness (QED) is 0.359. The van der Waals surface area contributed by atoms with Gasteiger partial charge in [0.1, 0.15) is 17.5 Å². The van der Waals surface area contributed by atoms with Gasteiger partial charge in [-0.3, -0.25) is 9.36 Å². The topological polar surface area (TPSA) is 88.4 Å². The van der Waals surface area contributed by atoms with Crippen molar-refractivity contribution in [2.24, 2.45) is 5.92 Å². The lowest BCUT2D eigenvalue weighted by Crippen LogP contribution is -2.41. The maximum atomic E-state index is 14.3. The molecule has 2 fully saturated rings. The second kappa shape index (κ2) is 13.4. The molecule has 1 aliphatic carbocycles. The van der Waals surface area contributed by atoms with Crippen LogP contribution in [0.25, 0.3) is 16.9 Å². The number of aryl methyl sites for hydroxylation is 1. The fraction of sp³-hybridized carbons (Fsp3) is 0.613. The van der Waals surface area contributed by atoms with Gasteiger partial charge in [-0.1, -0.05) is 13.0 Å². The number of carbonyl (C=O) groups excluding carboxylic acids is 1. The summed E-state index contributed by atoms with van der Waals surface area (Å²) in [6.45, 7) is 7.04. The summed E-state index contributed by atoms with van der Waals surface area (Å²) in [5, 5.41) is 3.17. The van der Waals surface area contributed by atoms with Gasteiger partial charge in [0.05, 0.1) is 30.8 Å². The first kappa shape index (κ1) is 30.3. The highest BCUT2D eigenvalue weighted by Crippen LogP contribution is 2.33. The van der Waals surface area contributed by atoms with E-state index in [4.69, 9.17) is 14.7 Å². The van der Waals surface area contributed by atoms with Gasteiger partial charge in [-0.15, -0.1) is 0 Å². The average molecular weight is 584 g/mol. The van der Waals surface area contributed by atoms with Crippen LogP contribution in [0.5, 0.6) is 0 Å². The standard InChI is InChI=1S/C31H43F2N7O2/c1-20-5-12-24-25(17-20)40(31(35-24)29(32)33)27-18-26(39-13-15-42-16-14-39)36-30(37-27)21(2)6-7-22-8-10-23(11-9-22)34-28(41)19-38(3)4/h5,12,17-18,21-23,29H,6-11,13-16,19H2,1-4H3,(H,34,41). The molecule has 3 heterocycles. The van der Waals surface area contributed by atoms with Crippen LogP contribution < -0.4 is 10.2 Å². The Morgan fingerprint density at radius 2 is 1.79 bits per heavy atom. The molecule has 11 heteroatoms. The fourth-order valence-electron chi connectivity index (χ4n) is 6.09. The van der Waals surface area contributed by atoms with E-state index < -0.39 is 6.43 Å². The minimum atomic E-state index is -2.75. The summed E-state index contributed by atoms with van der Waals surface area (Å²) in [5.41, 5.74) is 2.10. The highest BCUT2D eigenvalue weighted by atomic mass is 19.3. The molecule has 1 saturated heterocycles. The number of aromatic nitrogens is 4. The van der Waals surface area contributed by atoms with Gasteiger partial charge in [0, 0.05) is 31.1 Å². The number of rotatable bonds is 10. The van der Waals surface area contributed by atoms with Crippen LogP contribution in [-0.2, 0) is 9.53 Å². The largest absolute Gasteiger partial charge is 0.378 e. The van der Waals surface area contributed by atoms with Crippen molar-refractivity contribution in [3.63, 3.8) is 0 Å². The zero-order chi connectivity index (χ0) is 29.8. The molecule has 1 unspecified atom stereocenters. The summed E-state index contributed by atoms with van der Waals surface area (Å²) in [7, 11) is 3.80. The second-order valence-electron chi connectivity index (χ2n) is 12.1. The predicted octanol–water partition coefficient (Wildman–Crippen LogP) is 5.02. The average Bonchev–Trinajstić information content (AvgIpc) is 3.35. The van der Waals surface area contributed by atoms with Gasteiger partial charge in [-0.2, -0.15) is 0 Å². The van der Waals surface area contributed by atoms with E-state index >= 15 is 0 Å². The van der Waals surface area contributed by atoms with Gasteiger partial charge in [0.25, 0.3) is 6.43 Å². The molecule has 42 heavy (non-hydrogen) atoms. The lowest BCUT2D eigenvalue weighted by molar-refractivity contribution is -0.122. The molecule has 1 saturated carbocycles. The van der Waals surface area contributed by atoms with Crippen LogP contribution in [0.3, 0.4) is 0 Å². The summed E-state index contributed by atoms with van der Waals surface area (Å²) < 4.78 is 35.6. The van der Waals surface area contributed by atoms with Gasteiger partial charge in [0.15, 0.2) is 5.82 Å². The number of carbonyl (C=O) groups is 1. The molecule has 0 spiro atoms. The Hall–Kier alpha value is -3.18. The molecular formula is C31H43F2N7O2. The molecule has 1 N–H and O–H groups in total. The number of nitrogens with one attached hydrogen (secondary N) is 1. The monoisotopic (exact) mass is 583 g/mol. The third-order valence-corrected chi connectivity index (χ3v) is 8.43. The summed E-state index contributed by atoms with van der Waals surface area (Å²) in [6, 6.07) is 7.60. The Morgan fingerprint density at radius 1 is 1.07 bits per heavy atom. The highest BCUT2D eigenvalue weighted by Gasteiger charge is 2.26. The van der Waals surface area contributed by atoms with Gasteiger partial charge >= 0.3 is 0 Å². The zero-order valence-electron chi connectivity index (χ0n) is 25.2. The molecular weight excluding hydrogens is 540 g/mol. The number of imidazole rings is 1. The smallest absolute Gasteiger partial charge is 0.296 e. The Labute approximate surface area is 246 Å². The molecule has 228 valence electrons. The Balaban J connectivity index is 1.35. The third-order valence-electron chi connectivity index (χ3n) is 8.43. The molecule has 1 aromatic carbocycles. The van der Waals surface area contributed by atoms with Crippen LogP contribution in [0.2, 0.25) is 0 Å². The molecule has 0 bridgehead atoms. The number of alkyl halides is 2. The Morgan fingerprint density at radius 3 is 2.48 bits per heavy atom. The maximum absolute atomic E-state index is 14.3. The summed E-state index contributed by atoms with van der Waals surface area (Å²) in [4.78, 5) is 30.3. The van der Waals surface area contributed by atoms with Crippen molar-refractivity contribution < 1.29 is 18.3 Å². The molecule has 1 aliphatic heterocycles. The van der Waals surface area contributed by atoms with Crippen LogP contribution in [-0.4, -0.2) is 83.3 Å². The zero-order valence-corrected chi connectivity index (χ0v) is 25.2. The minimum absolute atomic E-state index is 0.0498. The van der Waals surface area contributed by atoms with E-state index in [0.717, 1.165) is 49.9 Å². The van der Waals surface area contributed by atoms with Crippen molar-refractivity contribution in [2.45, 2.75) is 70.8 Å². The molecule has 1 amide bonds. The first-order valence-corrected chi connectivity index (χ1v) is 15.1. The fourth-order valence-corrected chi connectivity index (χ4v) is 6.09. The lowest BCUT2D eigenvalue weighted by Gasteiger charge is -2.30. The molecule has 1 atom stereocenters. The second-order valence-corrected chi connectivity index (χ2v) is 12.1. The Bertz CT molecular complexity index is 1360. The van der Waals surface area contributed by atoms with Crippen molar-refractivity contribution in [1.82, 2.24) is 29.7 Å². The van der Waals surface area contributed by atoms with E-state index in [9.17, 15) is 13.6 Å². The number of halogens is 2. The van der Waals surface area contributed by atoms with E-state index in [-0.39, 0.29) is 23.7 Å². The number of nitrogens with zero attached hydrogens (tertiary/aromatic N) is 6. The van der Waals surface area contributed by atoms with Crippen molar-refractivity contribution >= 4 is 22.8 Å². The highest BCUT2D eigenvalue weighted by molar-refractivity contribution is 5.79. The van der Waals surface area contributed by atoms with Gasteiger partial charge in [0.2, 0.25) is 5.91 Å². The molecule has 0 radical (unpaired) electrons. The number of benzene rings is 1. The molecule has 2 aromatic heterocycles. The van der Waals surface area contributed by atoms with Crippen LogP contribution in [0.1, 0.15) is 75.0 Å². The van der Waals surface area contributed by atoms with Crippen molar-refractivity contribution in [2.75, 3.05) is 51.8 Å². The van der Waals surface area contributed by atoms with Crippen molar-refractivity contribution in [1.29, 1.82) is 0 Å². The van der Waals surface area contributed by atoms with Gasteiger partial charge in [-0.25, -0.2) is 23.7 Å². The third kappa shape index (κ3) is 7.23. The molecule has 5 rings (SSSR count). The Kier molecular flexibility index (Phi) is 9.67. The normalized spacial score (nSPS) is 20.4. The maximum Gasteiger partial charge on any atom is 0.296 e. The predicted molar refractivity (Wildman–Crippen MR) is 159 cm³/mol. The number of ether oxygens (including phenoxy) is 1. The summed E-state index contributed by atoms with van der Waals surface area (Å²) in [5.74, 6) is 2.22. The number of morpholine rings is 1. The van der Waals surface area contributed by atoms with Crippen LogP contribution in [0, 0.1) is 12.8 Å². The van der Waals surface area contributed by atoms with Crippen LogP contribution in [0.15, 0.2) is 24.3 Å². The van der Waals surface area contributed by atoms with E-state index in [1.807, 2.05) is 44.1 Å². The lowest BCUT2D eigenvalue weighted by atomic mass is 9.82. The van der Waals surface area contributed by atoms with Crippen molar-refractivity contribution in [3.8, 4) is 5.82 Å². The van der Waals surface area contributed by atoms with Crippen LogP contribution in [0.4, 0.5) is 14.6 Å². The van der Waals surface area contributed by atoms with E-state index in [1.165, 1.54) is 4.57 Å². The first-order valence-electron chi connectivity index (χ1n) is 15.1. The SMILES string of the molecule is Cc1ccc2nc(C(F)F)n(-c3cc(N4CCOCC4)nc(C(C)CCC4CCC(NC(=O)CN(C)C)CC4)n3)c2c1.